The van der Waals surface area contributed by atoms with Gasteiger partial charge in [0.2, 0.25) is 5.91 Å². The maximum Gasteiger partial charge on any atom is 0.222 e. The van der Waals surface area contributed by atoms with Crippen LogP contribution in [0.3, 0.4) is 0 Å². The fraction of sp³-hybridized carbons (Fsp3) is 0.474. The first kappa shape index (κ1) is 15.4. The van der Waals surface area contributed by atoms with Gasteiger partial charge >= 0.3 is 0 Å². The van der Waals surface area contributed by atoms with Crippen molar-refractivity contribution in [3.63, 3.8) is 0 Å². The summed E-state index contributed by atoms with van der Waals surface area (Å²) in [5, 5.41) is 0. The van der Waals surface area contributed by atoms with E-state index < -0.39 is 0 Å². The molecule has 5 heteroatoms. The number of imidazole rings is 1. The van der Waals surface area contributed by atoms with Crippen LogP contribution >= 0.6 is 0 Å². The van der Waals surface area contributed by atoms with Crippen LogP contribution in [0.4, 0.5) is 0 Å². The molecule has 0 unspecified atom stereocenters. The molecule has 4 rings (SSSR count). The van der Waals surface area contributed by atoms with Gasteiger partial charge in [0.1, 0.15) is 5.82 Å². The Kier molecular flexibility index (Phi) is 4.10. The van der Waals surface area contributed by atoms with E-state index in [1.165, 1.54) is 5.56 Å². The lowest BCUT2D eigenvalue weighted by Gasteiger charge is -2.29. The van der Waals surface area contributed by atoms with E-state index >= 15 is 0 Å². The van der Waals surface area contributed by atoms with Crippen LogP contribution in [0.2, 0.25) is 0 Å². The highest BCUT2D eigenvalue weighted by atomic mass is 16.2. The summed E-state index contributed by atoms with van der Waals surface area (Å²) >= 11 is 0. The number of hydrogen-bond donors (Lipinski definition) is 1. The molecule has 3 atom stereocenters. The highest BCUT2D eigenvalue weighted by Gasteiger charge is 2.48. The van der Waals surface area contributed by atoms with Gasteiger partial charge < -0.3 is 9.88 Å². The average molecular weight is 324 g/mol. The van der Waals surface area contributed by atoms with Crippen LogP contribution in [-0.4, -0.2) is 45.3 Å². The van der Waals surface area contributed by atoms with Crippen molar-refractivity contribution in [3.05, 3.63) is 54.1 Å². The first-order chi connectivity index (χ1) is 11.8. The number of benzene rings is 1. The van der Waals surface area contributed by atoms with Crippen LogP contribution in [0.5, 0.6) is 0 Å². The van der Waals surface area contributed by atoms with Crippen molar-refractivity contribution < 1.29 is 4.79 Å². The molecule has 5 nitrogen and oxygen atoms in total. The molecule has 0 aliphatic carbocycles. The number of H-pyrrole nitrogens is 1. The quantitative estimate of drug-likeness (QED) is 0.940. The first-order valence-corrected chi connectivity index (χ1v) is 8.81. The Labute approximate surface area is 142 Å². The molecular weight excluding hydrogens is 300 g/mol. The standard InChI is InChI=1S/C19H24N4O/c1-2-18(24)23-11-15-10-22(13-17-20-8-9-21-17)12-16(15)19(23)14-6-4-3-5-7-14/h3-9,15-16,19H,2,10-13H2,1H3,(H,20,21)/t15-,16-,19+/m0/s1. The molecule has 2 aliphatic rings. The van der Waals surface area contributed by atoms with E-state index in [-0.39, 0.29) is 11.9 Å². The molecule has 2 fully saturated rings. The largest absolute Gasteiger partial charge is 0.348 e. The Balaban J connectivity index is 1.56. The third-order valence-electron chi connectivity index (χ3n) is 5.43. The average Bonchev–Trinajstić information content (AvgIpc) is 3.31. The third kappa shape index (κ3) is 2.73. The number of aromatic amines is 1. The molecule has 1 amide bonds. The lowest BCUT2D eigenvalue weighted by Crippen LogP contribution is -2.35. The van der Waals surface area contributed by atoms with E-state index in [2.05, 4.69) is 44.0 Å². The number of hydrogen-bond acceptors (Lipinski definition) is 3. The molecule has 0 bridgehead atoms. The second-order valence-corrected chi connectivity index (χ2v) is 6.91. The van der Waals surface area contributed by atoms with E-state index in [1.807, 2.05) is 19.2 Å². The maximum absolute atomic E-state index is 12.5. The Hall–Kier alpha value is -2.14. The van der Waals surface area contributed by atoms with Crippen molar-refractivity contribution in [2.24, 2.45) is 11.8 Å². The minimum atomic E-state index is 0.213. The highest BCUT2D eigenvalue weighted by molar-refractivity contribution is 5.77. The van der Waals surface area contributed by atoms with Gasteiger partial charge in [-0.05, 0) is 11.5 Å². The lowest BCUT2D eigenvalue weighted by atomic mass is 9.89. The van der Waals surface area contributed by atoms with Crippen LogP contribution in [0.1, 0.15) is 30.8 Å². The molecule has 1 aromatic carbocycles. The zero-order valence-electron chi connectivity index (χ0n) is 14.1. The summed E-state index contributed by atoms with van der Waals surface area (Å²) in [7, 11) is 0. The second-order valence-electron chi connectivity index (χ2n) is 6.91. The number of rotatable bonds is 4. The van der Waals surface area contributed by atoms with E-state index in [9.17, 15) is 4.79 Å². The van der Waals surface area contributed by atoms with Gasteiger partial charge in [0, 0.05) is 44.4 Å². The summed E-state index contributed by atoms with van der Waals surface area (Å²) < 4.78 is 0. The summed E-state index contributed by atoms with van der Waals surface area (Å²) in [6.07, 6.45) is 4.26. The van der Waals surface area contributed by atoms with Gasteiger partial charge in [0.15, 0.2) is 0 Å². The zero-order valence-corrected chi connectivity index (χ0v) is 14.1. The van der Waals surface area contributed by atoms with Gasteiger partial charge in [-0.2, -0.15) is 0 Å². The number of aromatic nitrogens is 2. The molecule has 2 saturated heterocycles. The molecule has 3 heterocycles. The topological polar surface area (TPSA) is 52.2 Å². The smallest absolute Gasteiger partial charge is 0.222 e. The van der Waals surface area contributed by atoms with Crippen LogP contribution in [-0.2, 0) is 11.3 Å². The van der Waals surface area contributed by atoms with Crippen LogP contribution in [0.25, 0.3) is 0 Å². The molecule has 0 radical (unpaired) electrons. The Morgan fingerprint density at radius 2 is 2.08 bits per heavy atom. The minimum Gasteiger partial charge on any atom is -0.348 e. The minimum absolute atomic E-state index is 0.213. The number of fused-ring (bicyclic) bond motifs is 1. The zero-order chi connectivity index (χ0) is 16.5. The van der Waals surface area contributed by atoms with Gasteiger partial charge in [0.25, 0.3) is 0 Å². The fourth-order valence-electron chi connectivity index (χ4n) is 4.40. The summed E-state index contributed by atoms with van der Waals surface area (Å²) in [6, 6.07) is 10.7. The van der Waals surface area contributed by atoms with Crippen LogP contribution in [0.15, 0.2) is 42.7 Å². The van der Waals surface area contributed by atoms with E-state index in [1.54, 1.807) is 6.20 Å². The maximum atomic E-state index is 12.5. The van der Waals surface area contributed by atoms with Gasteiger partial charge in [0.05, 0.1) is 12.6 Å². The molecule has 2 aromatic rings. The van der Waals surface area contributed by atoms with Crippen molar-refractivity contribution in [1.29, 1.82) is 0 Å². The van der Waals surface area contributed by atoms with Crippen molar-refractivity contribution in [2.45, 2.75) is 25.9 Å². The number of nitrogens with one attached hydrogen (secondary N) is 1. The molecule has 24 heavy (non-hydrogen) atoms. The number of likely N-dealkylation sites (tertiary alicyclic amines) is 2. The summed E-state index contributed by atoms with van der Waals surface area (Å²) in [5.41, 5.74) is 1.27. The fourth-order valence-corrected chi connectivity index (χ4v) is 4.40. The van der Waals surface area contributed by atoms with Crippen molar-refractivity contribution >= 4 is 5.91 Å². The summed E-state index contributed by atoms with van der Waals surface area (Å²) in [6.45, 7) is 5.77. The van der Waals surface area contributed by atoms with Crippen molar-refractivity contribution in [2.75, 3.05) is 19.6 Å². The molecule has 0 spiro atoms. The SMILES string of the molecule is CCC(=O)N1C[C@@H]2CN(Cc3ncc[nH]3)C[C@@H]2[C@H]1c1ccccc1. The van der Waals surface area contributed by atoms with Crippen molar-refractivity contribution in [1.82, 2.24) is 19.8 Å². The van der Waals surface area contributed by atoms with Gasteiger partial charge in [-0.3, -0.25) is 9.69 Å². The normalized spacial score (nSPS) is 26.7. The number of carbonyl (C=O) groups is 1. The van der Waals surface area contributed by atoms with Crippen LogP contribution < -0.4 is 0 Å². The second kappa shape index (κ2) is 6.40. The molecule has 0 saturated carbocycles. The number of nitrogens with zero attached hydrogens (tertiary/aromatic N) is 3. The predicted octanol–water partition coefficient (Wildman–Crippen LogP) is 2.45. The third-order valence-corrected chi connectivity index (χ3v) is 5.43. The Morgan fingerprint density at radius 1 is 1.25 bits per heavy atom. The van der Waals surface area contributed by atoms with Gasteiger partial charge in [-0.25, -0.2) is 4.98 Å². The Morgan fingerprint density at radius 3 is 2.79 bits per heavy atom. The molecule has 2 aliphatic heterocycles. The summed E-state index contributed by atoms with van der Waals surface area (Å²) in [5.74, 6) is 2.36. The van der Waals surface area contributed by atoms with E-state index in [0.29, 0.717) is 18.3 Å². The van der Waals surface area contributed by atoms with Crippen molar-refractivity contribution in [3.8, 4) is 0 Å². The van der Waals surface area contributed by atoms with Gasteiger partial charge in [-0.15, -0.1) is 0 Å². The summed E-state index contributed by atoms with van der Waals surface area (Å²) in [4.78, 5) is 24.6. The van der Waals surface area contributed by atoms with E-state index in [4.69, 9.17) is 0 Å². The van der Waals surface area contributed by atoms with E-state index in [0.717, 1.165) is 32.0 Å². The molecule has 126 valence electrons. The predicted molar refractivity (Wildman–Crippen MR) is 92.0 cm³/mol. The lowest BCUT2D eigenvalue weighted by molar-refractivity contribution is -0.132. The van der Waals surface area contributed by atoms with Gasteiger partial charge in [-0.1, -0.05) is 37.3 Å². The first-order valence-electron chi connectivity index (χ1n) is 8.81. The number of amides is 1. The molecular formula is C19H24N4O. The molecule has 1 N–H and O–H groups in total. The molecule has 1 aromatic heterocycles. The highest BCUT2D eigenvalue weighted by Crippen LogP contribution is 2.45. The number of carbonyl (C=O) groups excluding carboxylic acids is 1. The van der Waals surface area contributed by atoms with Crippen LogP contribution in [0, 0.1) is 11.8 Å². The monoisotopic (exact) mass is 324 g/mol. The Bertz CT molecular complexity index is 685.